The zero-order valence-electron chi connectivity index (χ0n) is 12.8. The van der Waals surface area contributed by atoms with E-state index >= 15 is 0 Å². The highest BCUT2D eigenvalue weighted by Gasteiger charge is 2.14. The van der Waals surface area contributed by atoms with Gasteiger partial charge in [0.2, 0.25) is 5.91 Å². The molecule has 0 saturated carbocycles. The van der Waals surface area contributed by atoms with Crippen molar-refractivity contribution in [1.82, 2.24) is 0 Å². The molecule has 23 heavy (non-hydrogen) atoms. The zero-order chi connectivity index (χ0) is 15.4. The molecule has 1 amide bonds. The van der Waals surface area contributed by atoms with Gasteiger partial charge in [-0.15, -0.1) is 12.4 Å². The van der Waals surface area contributed by atoms with Crippen molar-refractivity contribution in [1.29, 1.82) is 0 Å². The SMILES string of the molecule is Cl.NC(CC(=O)Nc1ccc2c(c1)CCCO2)c1ccccc1. The Morgan fingerprint density at radius 2 is 2.00 bits per heavy atom. The molecule has 2 aromatic rings. The second-order valence-electron chi connectivity index (χ2n) is 5.54. The van der Waals surface area contributed by atoms with Crippen LogP contribution in [0.1, 0.15) is 30.0 Å². The van der Waals surface area contributed by atoms with E-state index in [9.17, 15) is 4.79 Å². The van der Waals surface area contributed by atoms with Crippen molar-refractivity contribution in [2.75, 3.05) is 11.9 Å². The van der Waals surface area contributed by atoms with Crippen LogP contribution in [0.4, 0.5) is 5.69 Å². The van der Waals surface area contributed by atoms with Crippen LogP contribution >= 0.6 is 12.4 Å². The fourth-order valence-corrected chi connectivity index (χ4v) is 2.67. The van der Waals surface area contributed by atoms with Gasteiger partial charge in [0.1, 0.15) is 5.75 Å². The Hall–Kier alpha value is -2.04. The largest absolute Gasteiger partial charge is 0.493 e. The molecular weight excluding hydrogens is 312 g/mol. The first-order valence-electron chi connectivity index (χ1n) is 7.58. The summed E-state index contributed by atoms with van der Waals surface area (Å²) < 4.78 is 5.57. The van der Waals surface area contributed by atoms with Crippen molar-refractivity contribution in [3.05, 3.63) is 59.7 Å². The van der Waals surface area contributed by atoms with Crippen molar-refractivity contribution < 1.29 is 9.53 Å². The molecule has 0 saturated heterocycles. The zero-order valence-corrected chi connectivity index (χ0v) is 13.6. The molecule has 1 heterocycles. The van der Waals surface area contributed by atoms with Crippen molar-refractivity contribution in [2.24, 2.45) is 5.73 Å². The standard InChI is InChI=1S/C18H20N2O2.ClH/c19-16(13-5-2-1-3-6-13)12-18(21)20-15-8-9-17-14(11-15)7-4-10-22-17;/h1-3,5-6,8-9,11,16H,4,7,10,12,19H2,(H,20,21);1H. The first-order valence-corrected chi connectivity index (χ1v) is 7.58. The second-order valence-corrected chi connectivity index (χ2v) is 5.54. The van der Waals surface area contributed by atoms with Gasteiger partial charge >= 0.3 is 0 Å². The van der Waals surface area contributed by atoms with Crippen LogP contribution in [0.2, 0.25) is 0 Å². The number of aryl methyl sites for hydroxylation is 1. The lowest BCUT2D eigenvalue weighted by molar-refractivity contribution is -0.116. The van der Waals surface area contributed by atoms with Crippen molar-refractivity contribution in [2.45, 2.75) is 25.3 Å². The highest BCUT2D eigenvalue weighted by atomic mass is 35.5. The molecule has 5 heteroatoms. The lowest BCUT2D eigenvalue weighted by Crippen LogP contribution is -2.20. The van der Waals surface area contributed by atoms with Crippen LogP contribution in [-0.2, 0) is 11.2 Å². The summed E-state index contributed by atoms with van der Waals surface area (Å²) in [7, 11) is 0. The Bertz CT molecular complexity index is 661. The number of hydrogen-bond donors (Lipinski definition) is 2. The average molecular weight is 333 g/mol. The Labute approximate surface area is 142 Å². The van der Waals surface area contributed by atoms with Gasteiger partial charge in [0, 0.05) is 18.2 Å². The van der Waals surface area contributed by atoms with E-state index < -0.39 is 0 Å². The maximum atomic E-state index is 12.1. The van der Waals surface area contributed by atoms with E-state index in [1.165, 1.54) is 0 Å². The van der Waals surface area contributed by atoms with E-state index in [-0.39, 0.29) is 30.8 Å². The maximum Gasteiger partial charge on any atom is 0.226 e. The van der Waals surface area contributed by atoms with Gasteiger partial charge in [-0.2, -0.15) is 0 Å². The van der Waals surface area contributed by atoms with Gasteiger partial charge in [-0.1, -0.05) is 30.3 Å². The van der Waals surface area contributed by atoms with Gasteiger partial charge in [-0.25, -0.2) is 0 Å². The minimum absolute atomic E-state index is 0. The summed E-state index contributed by atoms with van der Waals surface area (Å²) in [6, 6.07) is 15.2. The highest BCUT2D eigenvalue weighted by Crippen LogP contribution is 2.27. The molecule has 2 aromatic carbocycles. The number of hydrogen-bond acceptors (Lipinski definition) is 3. The molecular formula is C18H21ClN2O2. The third-order valence-corrected chi connectivity index (χ3v) is 3.83. The van der Waals surface area contributed by atoms with Crippen LogP contribution in [0.15, 0.2) is 48.5 Å². The van der Waals surface area contributed by atoms with Crippen LogP contribution < -0.4 is 15.8 Å². The molecule has 4 nitrogen and oxygen atoms in total. The summed E-state index contributed by atoms with van der Waals surface area (Å²) in [5, 5.41) is 2.92. The summed E-state index contributed by atoms with van der Waals surface area (Å²) in [5.74, 6) is 0.846. The minimum Gasteiger partial charge on any atom is -0.493 e. The summed E-state index contributed by atoms with van der Waals surface area (Å²) in [6.45, 7) is 0.768. The smallest absolute Gasteiger partial charge is 0.226 e. The van der Waals surface area contributed by atoms with Crippen molar-refractivity contribution in [3.8, 4) is 5.75 Å². The van der Waals surface area contributed by atoms with E-state index in [0.29, 0.717) is 0 Å². The van der Waals surface area contributed by atoms with Crippen LogP contribution in [0, 0.1) is 0 Å². The van der Waals surface area contributed by atoms with Gasteiger partial charge in [-0.3, -0.25) is 4.79 Å². The number of halogens is 1. The number of rotatable bonds is 4. The Kier molecular flexibility index (Phi) is 6.02. The molecule has 1 unspecified atom stereocenters. The third-order valence-electron chi connectivity index (χ3n) is 3.83. The van der Waals surface area contributed by atoms with E-state index in [2.05, 4.69) is 5.32 Å². The molecule has 1 atom stereocenters. The van der Waals surface area contributed by atoms with Crippen molar-refractivity contribution >= 4 is 24.0 Å². The Morgan fingerprint density at radius 1 is 1.22 bits per heavy atom. The normalized spacial score (nSPS) is 14.0. The molecule has 1 aliphatic rings. The number of nitrogens with two attached hydrogens (primary N) is 1. The summed E-state index contributed by atoms with van der Waals surface area (Å²) in [5.41, 5.74) is 9.00. The Balaban J connectivity index is 0.00000192. The van der Waals surface area contributed by atoms with E-state index in [0.717, 1.165) is 42.0 Å². The summed E-state index contributed by atoms with van der Waals surface area (Å²) in [6.07, 6.45) is 2.27. The first-order chi connectivity index (χ1) is 10.7. The molecule has 0 spiro atoms. The topological polar surface area (TPSA) is 64.4 Å². The molecule has 3 rings (SSSR count). The molecule has 0 fully saturated rings. The van der Waals surface area contributed by atoms with Crippen molar-refractivity contribution in [3.63, 3.8) is 0 Å². The monoisotopic (exact) mass is 332 g/mol. The number of carbonyl (C=O) groups is 1. The summed E-state index contributed by atoms with van der Waals surface area (Å²) in [4.78, 5) is 12.1. The van der Waals surface area contributed by atoms with Gasteiger partial charge in [0.25, 0.3) is 0 Å². The Morgan fingerprint density at radius 3 is 2.78 bits per heavy atom. The third kappa shape index (κ3) is 4.47. The number of carbonyl (C=O) groups excluding carboxylic acids is 1. The molecule has 0 aromatic heterocycles. The molecule has 0 aliphatic carbocycles. The molecule has 0 bridgehead atoms. The fraction of sp³-hybridized carbons (Fsp3) is 0.278. The van der Waals surface area contributed by atoms with Crippen LogP contribution in [0.3, 0.4) is 0 Å². The van der Waals surface area contributed by atoms with Gasteiger partial charge < -0.3 is 15.8 Å². The molecule has 1 aliphatic heterocycles. The highest BCUT2D eigenvalue weighted by molar-refractivity contribution is 5.91. The van der Waals surface area contributed by atoms with Gasteiger partial charge in [-0.05, 0) is 42.2 Å². The van der Waals surface area contributed by atoms with Crippen LogP contribution in [0.25, 0.3) is 0 Å². The van der Waals surface area contributed by atoms with E-state index in [4.69, 9.17) is 10.5 Å². The lowest BCUT2D eigenvalue weighted by atomic mass is 10.0. The molecule has 3 N–H and O–H groups in total. The fourth-order valence-electron chi connectivity index (χ4n) is 2.67. The lowest BCUT2D eigenvalue weighted by Gasteiger charge is -2.18. The van der Waals surface area contributed by atoms with Gasteiger partial charge in [0.15, 0.2) is 0 Å². The number of ether oxygens (including phenoxy) is 1. The van der Waals surface area contributed by atoms with E-state index in [1.807, 2.05) is 48.5 Å². The number of amides is 1. The number of fused-ring (bicyclic) bond motifs is 1. The molecule has 122 valence electrons. The second kappa shape index (κ2) is 7.99. The number of benzene rings is 2. The van der Waals surface area contributed by atoms with Crippen LogP contribution in [0.5, 0.6) is 5.75 Å². The summed E-state index contributed by atoms with van der Waals surface area (Å²) >= 11 is 0. The number of nitrogens with one attached hydrogen (secondary N) is 1. The predicted octanol–water partition coefficient (Wildman–Crippen LogP) is 3.46. The minimum atomic E-state index is -0.290. The average Bonchev–Trinajstić information content (AvgIpc) is 2.55. The first kappa shape index (κ1) is 17.3. The molecule has 0 radical (unpaired) electrons. The predicted molar refractivity (Wildman–Crippen MR) is 94.1 cm³/mol. The van der Waals surface area contributed by atoms with E-state index in [1.54, 1.807) is 0 Å². The number of anilines is 1. The van der Waals surface area contributed by atoms with Crippen LogP contribution in [-0.4, -0.2) is 12.5 Å². The maximum absolute atomic E-state index is 12.1. The van der Waals surface area contributed by atoms with Gasteiger partial charge in [0.05, 0.1) is 6.61 Å². The quantitative estimate of drug-likeness (QED) is 0.901.